The fourth-order valence-corrected chi connectivity index (χ4v) is 2.02. The Kier molecular flexibility index (Phi) is 3.56. The van der Waals surface area contributed by atoms with Gasteiger partial charge in [0.1, 0.15) is 6.33 Å². The zero-order valence-corrected chi connectivity index (χ0v) is 9.50. The molecule has 1 amide bonds. The van der Waals surface area contributed by atoms with Crippen LogP contribution < -0.4 is 0 Å². The summed E-state index contributed by atoms with van der Waals surface area (Å²) >= 11 is 0. The van der Waals surface area contributed by atoms with Gasteiger partial charge in [0.05, 0.1) is 6.10 Å². The van der Waals surface area contributed by atoms with Gasteiger partial charge >= 0.3 is 6.03 Å². The lowest BCUT2D eigenvalue weighted by molar-refractivity contribution is 0.0166. The number of piperidine rings is 1. The highest BCUT2D eigenvalue weighted by atomic mass is 16.5. The van der Waals surface area contributed by atoms with Crippen LogP contribution in [0, 0.1) is 0 Å². The number of imidazole rings is 1. The van der Waals surface area contributed by atoms with Crippen LogP contribution in [-0.2, 0) is 4.74 Å². The fraction of sp³-hybridized carbons (Fsp3) is 0.636. The van der Waals surface area contributed by atoms with E-state index in [4.69, 9.17) is 4.74 Å². The van der Waals surface area contributed by atoms with E-state index in [9.17, 15) is 4.79 Å². The van der Waals surface area contributed by atoms with E-state index in [0.717, 1.165) is 19.4 Å². The smallest absolute Gasteiger partial charge is 0.329 e. The summed E-state index contributed by atoms with van der Waals surface area (Å²) < 4.78 is 7.07. The zero-order chi connectivity index (χ0) is 11.4. The van der Waals surface area contributed by atoms with Crippen LogP contribution in [0.1, 0.15) is 19.8 Å². The molecule has 1 atom stereocenters. The summed E-state index contributed by atoms with van der Waals surface area (Å²) in [5.74, 6) is 0. The molecule has 0 spiro atoms. The molecule has 5 nitrogen and oxygen atoms in total. The summed E-state index contributed by atoms with van der Waals surface area (Å²) in [6.07, 6.45) is 7.06. The number of ether oxygens (including phenoxy) is 1. The van der Waals surface area contributed by atoms with E-state index in [1.165, 1.54) is 10.9 Å². The van der Waals surface area contributed by atoms with Gasteiger partial charge in [-0.15, -0.1) is 0 Å². The molecule has 16 heavy (non-hydrogen) atoms. The molecule has 0 bridgehead atoms. The zero-order valence-electron chi connectivity index (χ0n) is 9.50. The lowest BCUT2D eigenvalue weighted by atomic mass is 10.1. The number of hydrogen-bond acceptors (Lipinski definition) is 3. The molecule has 0 radical (unpaired) electrons. The van der Waals surface area contributed by atoms with Gasteiger partial charge in [-0.1, -0.05) is 0 Å². The van der Waals surface area contributed by atoms with Crippen molar-refractivity contribution in [2.24, 2.45) is 0 Å². The predicted octanol–water partition coefficient (Wildman–Crippen LogP) is 1.35. The maximum atomic E-state index is 12.0. The van der Waals surface area contributed by atoms with Gasteiger partial charge in [0.2, 0.25) is 0 Å². The Morgan fingerprint density at radius 2 is 2.50 bits per heavy atom. The molecule has 5 heteroatoms. The highest BCUT2D eigenvalue weighted by Gasteiger charge is 2.24. The number of rotatable bonds is 2. The van der Waals surface area contributed by atoms with Gasteiger partial charge in [-0.25, -0.2) is 9.78 Å². The number of hydrogen-bond donors (Lipinski definition) is 0. The summed E-state index contributed by atoms with van der Waals surface area (Å²) in [6, 6.07) is -0.0121. The molecule has 1 fully saturated rings. The van der Waals surface area contributed by atoms with Crippen molar-refractivity contribution in [1.82, 2.24) is 14.5 Å². The minimum Gasteiger partial charge on any atom is -0.377 e. The molecule has 0 aromatic carbocycles. The third-order valence-corrected chi connectivity index (χ3v) is 2.78. The second-order valence-corrected chi connectivity index (χ2v) is 3.92. The largest absolute Gasteiger partial charge is 0.377 e. The van der Waals surface area contributed by atoms with Gasteiger partial charge in [-0.2, -0.15) is 0 Å². The summed E-state index contributed by atoms with van der Waals surface area (Å²) in [5, 5.41) is 0. The maximum Gasteiger partial charge on any atom is 0.329 e. The van der Waals surface area contributed by atoms with Crippen LogP contribution >= 0.6 is 0 Å². The van der Waals surface area contributed by atoms with E-state index >= 15 is 0 Å². The lowest BCUT2D eigenvalue weighted by Crippen LogP contribution is -2.44. The van der Waals surface area contributed by atoms with Gasteiger partial charge in [0.25, 0.3) is 0 Å². The second kappa shape index (κ2) is 5.12. The predicted molar refractivity (Wildman–Crippen MR) is 59.2 cm³/mol. The van der Waals surface area contributed by atoms with Crippen molar-refractivity contribution in [2.75, 3.05) is 19.7 Å². The Bertz CT molecular complexity index is 335. The molecule has 1 aromatic rings. The summed E-state index contributed by atoms with van der Waals surface area (Å²) in [4.78, 5) is 17.7. The number of carbonyl (C=O) groups is 1. The van der Waals surface area contributed by atoms with Gasteiger partial charge in [-0.05, 0) is 19.8 Å². The molecular weight excluding hydrogens is 206 g/mol. The van der Waals surface area contributed by atoms with Crippen LogP contribution in [0.5, 0.6) is 0 Å². The molecule has 1 aliphatic heterocycles. The number of nitrogens with zero attached hydrogens (tertiary/aromatic N) is 3. The van der Waals surface area contributed by atoms with E-state index in [1.807, 2.05) is 11.8 Å². The second-order valence-electron chi connectivity index (χ2n) is 3.92. The Labute approximate surface area is 95.0 Å². The Morgan fingerprint density at radius 3 is 3.19 bits per heavy atom. The van der Waals surface area contributed by atoms with E-state index in [-0.39, 0.29) is 12.1 Å². The first-order valence-corrected chi connectivity index (χ1v) is 5.70. The third-order valence-electron chi connectivity index (χ3n) is 2.78. The average Bonchev–Trinajstić information content (AvgIpc) is 2.82. The molecule has 1 unspecified atom stereocenters. The Balaban J connectivity index is 1.96. The standard InChI is InChI=1S/C11H17N3O2/c1-2-16-10-4-3-6-13(8-10)11(15)14-7-5-12-9-14/h5,7,9-10H,2-4,6,8H2,1H3. The van der Waals surface area contributed by atoms with Crippen LogP contribution in [-0.4, -0.2) is 46.3 Å². The van der Waals surface area contributed by atoms with Crippen LogP contribution in [0.15, 0.2) is 18.7 Å². The molecule has 0 N–H and O–H groups in total. The Morgan fingerprint density at radius 1 is 1.62 bits per heavy atom. The van der Waals surface area contributed by atoms with Gasteiger partial charge < -0.3 is 9.64 Å². The van der Waals surface area contributed by atoms with Crippen molar-refractivity contribution < 1.29 is 9.53 Å². The minimum absolute atomic E-state index is 0.0121. The number of aromatic nitrogens is 2. The van der Waals surface area contributed by atoms with Gasteiger partial charge in [0, 0.05) is 32.1 Å². The first-order chi connectivity index (χ1) is 7.81. The lowest BCUT2D eigenvalue weighted by Gasteiger charge is -2.32. The molecule has 1 aromatic heterocycles. The summed E-state index contributed by atoms with van der Waals surface area (Å²) in [7, 11) is 0. The van der Waals surface area contributed by atoms with Crippen LogP contribution in [0.2, 0.25) is 0 Å². The van der Waals surface area contributed by atoms with Gasteiger partial charge in [0.15, 0.2) is 0 Å². The fourth-order valence-electron chi connectivity index (χ4n) is 2.02. The van der Waals surface area contributed by atoms with Crippen molar-refractivity contribution in [3.63, 3.8) is 0 Å². The molecule has 1 aliphatic rings. The van der Waals surface area contributed by atoms with Crippen molar-refractivity contribution in [3.05, 3.63) is 18.7 Å². The van der Waals surface area contributed by atoms with Crippen LogP contribution in [0.4, 0.5) is 4.79 Å². The topological polar surface area (TPSA) is 47.4 Å². The van der Waals surface area contributed by atoms with Crippen LogP contribution in [0.3, 0.4) is 0 Å². The SMILES string of the molecule is CCOC1CCCN(C(=O)n2ccnc2)C1. The number of carbonyl (C=O) groups excluding carboxylic acids is 1. The van der Waals surface area contributed by atoms with E-state index in [1.54, 1.807) is 12.4 Å². The van der Waals surface area contributed by atoms with Gasteiger partial charge in [-0.3, -0.25) is 4.57 Å². The minimum atomic E-state index is -0.0121. The van der Waals surface area contributed by atoms with Crippen molar-refractivity contribution in [2.45, 2.75) is 25.9 Å². The molecule has 0 aliphatic carbocycles. The highest BCUT2D eigenvalue weighted by Crippen LogP contribution is 2.14. The van der Waals surface area contributed by atoms with Crippen molar-refractivity contribution in [1.29, 1.82) is 0 Å². The first-order valence-electron chi connectivity index (χ1n) is 5.70. The monoisotopic (exact) mass is 223 g/mol. The molecule has 88 valence electrons. The van der Waals surface area contributed by atoms with E-state index in [2.05, 4.69) is 4.98 Å². The first kappa shape index (κ1) is 11.1. The molecule has 1 saturated heterocycles. The van der Waals surface area contributed by atoms with Crippen LogP contribution in [0.25, 0.3) is 0 Å². The highest BCUT2D eigenvalue weighted by molar-refractivity contribution is 5.76. The number of amides is 1. The quantitative estimate of drug-likeness (QED) is 0.760. The average molecular weight is 223 g/mol. The third kappa shape index (κ3) is 2.41. The summed E-state index contributed by atoms with van der Waals surface area (Å²) in [6.45, 7) is 4.18. The number of likely N-dealkylation sites (tertiary alicyclic amines) is 1. The Hall–Kier alpha value is -1.36. The van der Waals surface area contributed by atoms with Crippen molar-refractivity contribution in [3.8, 4) is 0 Å². The molecule has 2 heterocycles. The van der Waals surface area contributed by atoms with E-state index in [0.29, 0.717) is 13.2 Å². The van der Waals surface area contributed by atoms with E-state index < -0.39 is 0 Å². The maximum absolute atomic E-state index is 12.0. The summed E-state index contributed by atoms with van der Waals surface area (Å²) in [5.41, 5.74) is 0. The normalized spacial score (nSPS) is 21.1. The molecule has 0 saturated carbocycles. The van der Waals surface area contributed by atoms with Crippen molar-refractivity contribution >= 4 is 6.03 Å². The molecular formula is C11H17N3O2. The molecule has 2 rings (SSSR count).